The Labute approximate surface area is 382 Å². The zero-order chi connectivity index (χ0) is 45.1. The fourth-order valence-electron chi connectivity index (χ4n) is 6.78. The highest BCUT2D eigenvalue weighted by Crippen LogP contribution is 2.12. The Morgan fingerprint density at radius 3 is 1.11 bits per heavy atom. The van der Waals surface area contributed by atoms with Crippen LogP contribution in [0.1, 0.15) is 233 Å². The van der Waals surface area contributed by atoms with E-state index in [-0.39, 0.29) is 38.0 Å². The van der Waals surface area contributed by atoms with Crippen molar-refractivity contribution in [2.24, 2.45) is 0 Å². The Morgan fingerprint density at radius 2 is 0.677 bits per heavy atom. The van der Waals surface area contributed by atoms with Crippen molar-refractivity contribution in [1.29, 1.82) is 0 Å². The molecule has 0 aliphatic carbocycles. The summed E-state index contributed by atoms with van der Waals surface area (Å²) in [6.45, 7) is 6.47. The standard InChI is InChI=1S/C56H94O6/c1-4-7-10-13-16-19-22-25-26-27-28-29-32-34-37-40-43-46-49-55(58)61-52-53(62-56(59)50-47-44-41-38-35-31-24-21-18-15-12-9-6-3)51-60-54(57)48-45-42-39-36-33-30-23-20-17-14-11-8-5-2/h22,25-31,33,35,39,41-42,44,53H,4-21,23-24,32,34,36-38,40,43,45-52H2,1-3H3/b25-22-,27-26-,29-28-,33-30-,35-31-,42-39-,44-41-. The summed E-state index contributed by atoms with van der Waals surface area (Å²) < 4.78 is 16.6. The molecule has 62 heavy (non-hydrogen) atoms. The van der Waals surface area contributed by atoms with E-state index in [2.05, 4.69) is 93.7 Å². The summed E-state index contributed by atoms with van der Waals surface area (Å²) in [7, 11) is 0. The van der Waals surface area contributed by atoms with Gasteiger partial charge in [0.05, 0.1) is 0 Å². The van der Waals surface area contributed by atoms with Crippen molar-refractivity contribution >= 4 is 17.9 Å². The fraction of sp³-hybridized carbons (Fsp3) is 0.696. The van der Waals surface area contributed by atoms with Gasteiger partial charge in [-0.15, -0.1) is 0 Å². The Balaban J connectivity index is 4.54. The van der Waals surface area contributed by atoms with Crippen LogP contribution in [0.2, 0.25) is 0 Å². The van der Waals surface area contributed by atoms with Crippen LogP contribution < -0.4 is 0 Å². The molecule has 0 aromatic rings. The molecule has 1 unspecified atom stereocenters. The van der Waals surface area contributed by atoms with E-state index in [1.54, 1.807) is 0 Å². The van der Waals surface area contributed by atoms with Crippen LogP contribution in [0.15, 0.2) is 85.1 Å². The Kier molecular flexibility index (Phi) is 47.5. The molecule has 0 radical (unpaired) electrons. The van der Waals surface area contributed by atoms with Crippen molar-refractivity contribution in [3.05, 3.63) is 85.1 Å². The van der Waals surface area contributed by atoms with E-state index in [4.69, 9.17) is 14.2 Å². The number of carbonyl (C=O) groups is 3. The quantitative estimate of drug-likeness (QED) is 0.0199. The molecule has 0 saturated carbocycles. The summed E-state index contributed by atoms with van der Waals surface area (Å²) in [5, 5.41) is 0. The second kappa shape index (κ2) is 50.2. The Hall–Kier alpha value is -3.41. The molecule has 6 nitrogen and oxygen atoms in total. The highest BCUT2D eigenvalue weighted by Gasteiger charge is 2.19. The number of rotatable bonds is 45. The van der Waals surface area contributed by atoms with E-state index in [9.17, 15) is 14.4 Å². The summed E-state index contributed by atoms with van der Waals surface area (Å²) in [5.74, 6) is -1.09. The average Bonchev–Trinajstić information content (AvgIpc) is 3.27. The number of esters is 3. The predicted molar refractivity (Wildman–Crippen MR) is 265 cm³/mol. The minimum absolute atomic E-state index is 0.127. The van der Waals surface area contributed by atoms with Gasteiger partial charge in [0, 0.05) is 19.3 Å². The number of unbranched alkanes of at least 4 members (excludes halogenated alkanes) is 22. The van der Waals surface area contributed by atoms with Crippen LogP contribution in [-0.2, 0) is 28.6 Å². The van der Waals surface area contributed by atoms with Crippen LogP contribution >= 0.6 is 0 Å². The van der Waals surface area contributed by atoms with Crippen molar-refractivity contribution in [3.8, 4) is 0 Å². The minimum Gasteiger partial charge on any atom is -0.462 e. The summed E-state index contributed by atoms with van der Waals surface area (Å²) in [5.41, 5.74) is 0. The largest absolute Gasteiger partial charge is 0.462 e. The minimum atomic E-state index is -0.837. The van der Waals surface area contributed by atoms with E-state index >= 15 is 0 Å². The number of hydrogen-bond acceptors (Lipinski definition) is 6. The van der Waals surface area contributed by atoms with Crippen molar-refractivity contribution in [2.75, 3.05) is 13.2 Å². The monoisotopic (exact) mass is 863 g/mol. The normalized spacial score (nSPS) is 12.8. The van der Waals surface area contributed by atoms with Gasteiger partial charge in [0.2, 0.25) is 0 Å². The maximum absolute atomic E-state index is 12.7. The van der Waals surface area contributed by atoms with Gasteiger partial charge in [-0.25, -0.2) is 0 Å². The van der Waals surface area contributed by atoms with Crippen LogP contribution in [0.3, 0.4) is 0 Å². The summed E-state index contributed by atoms with van der Waals surface area (Å²) in [6, 6.07) is 0. The molecule has 1 atom stereocenters. The second-order valence-electron chi connectivity index (χ2n) is 16.8. The molecule has 354 valence electrons. The lowest BCUT2D eigenvalue weighted by molar-refractivity contribution is -0.166. The third-order valence-electron chi connectivity index (χ3n) is 10.7. The number of carbonyl (C=O) groups excluding carboxylic acids is 3. The maximum Gasteiger partial charge on any atom is 0.306 e. The lowest BCUT2D eigenvalue weighted by Crippen LogP contribution is -2.30. The molecule has 0 spiro atoms. The molecule has 0 aliphatic rings. The molecule has 0 aliphatic heterocycles. The second-order valence-corrected chi connectivity index (χ2v) is 16.8. The first kappa shape index (κ1) is 58.6. The van der Waals surface area contributed by atoms with Crippen LogP contribution in [0.5, 0.6) is 0 Å². The molecule has 0 aromatic carbocycles. The first-order valence-electron chi connectivity index (χ1n) is 25.6. The van der Waals surface area contributed by atoms with Gasteiger partial charge in [0.25, 0.3) is 0 Å². The fourth-order valence-corrected chi connectivity index (χ4v) is 6.78. The van der Waals surface area contributed by atoms with E-state index in [1.165, 1.54) is 109 Å². The first-order valence-corrected chi connectivity index (χ1v) is 25.6. The zero-order valence-corrected chi connectivity index (χ0v) is 40.4. The first-order chi connectivity index (χ1) is 30.5. The molecule has 6 heteroatoms. The van der Waals surface area contributed by atoms with Crippen LogP contribution in [0, 0.1) is 0 Å². The van der Waals surface area contributed by atoms with Crippen molar-refractivity contribution in [1.82, 2.24) is 0 Å². The van der Waals surface area contributed by atoms with Crippen molar-refractivity contribution in [3.63, 3.8) is 0 Å². The molecule has 0 aromatic heterocycles. The molecule has 0 amide bonds. The lowest BCUT2D eigenvalue weighted by atomic mass is 10.1. The molecular weight excluding hydrogens is 769 g/mol. The molecule has 0 bridgehead atoms. The van der Waals surface area contributed by atoms with Crippen LogP contribution in [-0.4, -0.2) is 37.2 Å². The van der Waals surface area contributed by atoms with Gasteiger partial charge in [-0.1, -0.05) is 215 Å². The summed E-state index contributed by atoms with van der Waals surface area (Å²) >= 11 is 0. The summed E-state index contributed by atoms with van der Waals surface area (Å²) in [4.78, 5) is 37.8. The lowest BCUT2D eigenvalue weighted by Gasteiger charge is -2.18. The Bertz CT molecular complexity index is 1220. The van der Waals surface area contributed by atoms with Gasteiger partial charge >= 0.3 is 17.9 Å². The highest BCUT2D eigenvalue weighted by atomic mass is 16.6. The topological polar surface area (TPSA) is 78.9 Å². The molecule has 0 heterocycles. The van der Waals surface area contributed by atoms with Gasteiger partial charge in [0.1, 0.15) is 13.2 Å². The third kappa shape index (κ3) is 47.6. The van der Waals surface area contributed by atoms with Gasteiger partial charge < -0.3 is 14.2 Å². The Morgan fingerprint density at radius 1 is 0.339 bits per heavy atom. The maximum atomic E-state index is 12.7. The van der Waals surface area contributed by atoms with Crippen LogP contribution in [0.4, 0.5) is 0 Å². The number of allylic oxidation sites excluding steroid dienone is 14. The zero-order valence-electron chi connectivity index (χ0n) is 40.4. The smallest absolute Gasteiger partial charge is 0.306 e. The molecule has 0 saturated heterocycles. The van der Waals surface area contributed by atoms with Gasteiger partial charge in [-0.3, -0.25) is 14.4 Å². The van der Waals surface area contributed by atoms with Crippen LogP contribution in [0.25, 0.3) is 0 Å². The predicted octanol–water partition coefficient (Wildman–Crippen LogP) is 16.8. The van der Waals surface area contributed by atoms with E-state index < -0.39 is 12.1 Å². The van der Waals surface area contributed by atoms with Gasteiger partial charge in [0.15, 0.2) is 6.10 Å². The van der Waals surface area contributed by atoms with Gasteiger partial charge in [-0.05, 0) is 83.5 Å². The SMILES string of the molecule is CCCCCCC\C=C/C=C\C=C/CCCCCCCC(=O)OCC(COC(=O)CC/C=C\C/C=C\CCCCCCCC)OC(=O)CC/C=C\C/C=C\CCCCCCCC. The molecular formula is C56H94O6. The number of hydrogen-bond donors (Lipinski definition) is 0. The molecule has 0 rings (SSSR count). The van der Waals surface area contributed by atoms with E-state index in [1.807, 2.05) is 12.2 Å². The molecule has 0 N–H and O–H groups in total. The number of ether oxygens (including phenoxy) is 3. The average molecular weight is 863 g/mol. The van der Waals surface area contributed by atoms with Crippen molar-refractivity contribution in [2.45, 2.75) is 239 Å². The third-order valence-corrected chi connectivity index (χ3v) is 10.7. The highest BCUT2D eigenvalue weighted by molar-refractivity contribution is 5.71. The van der Waals surface area contributed by atoms with E-state index in [0.29, 0.717) is 19.3 Å². The summed E-state index contributed by atoms with van der Waals surface area (Å²) in [6.07, 6.45) is 64.5. The van der Waals surface area contributed by atoms with E-state index in [0.717, 1.165) is 70.6 Å². The molecule has 0 fully saturated rings. The van der Waals surface area contributed by atoms with Gasteiger partial charge in [-0.2, -0.15) is 0 Å². The van der Waals surface area contributed by atoms with Crippen molar-refractivity contribution < 1.29 is 28.6 Å².